The lowest BCUT2D eigenvalue weighted by molar-refractivity contribution is 0.475. The van der Waals surface area contributed by atoms with Crippen molar-refractivity contribution in [2.75, 3.05) is 0 Å². The Hall–Kier alpha value is -2.39. The fraction of sp³-hybridized carbons (Fsp3) is 0. The Morgan fingerprint density at radius 1 is 1.29 bits per heavy atom. The lowest BCUT2D eigenvalue weighted by Crippen LogP contribution is -2.08. The summed E-state index contributed by atoms with van der Waals surface area (Å²) in [5.41, 5.74) is 0.221. The van der Waals surface area contributed by atoms with Crippen LogP contribution in [0.1, 0.15) is 0 Å². The maximum Gasteiger partial charge on any atom is 0.270 e. The molecule has 10 heteroatoms. The van der Waals surface area contributed by atoms with Crippen molar-refractivity contribution in [3.8, 4) is 11.4 Å². The van der Waals surface area contributed by atoms with Crippen LogP contribution in [0.25, 0.3) is 5.69 Å². The first kappa shape index (κ1) is 13.6. The zero-order chi connectivity index (χ0) is 14.8. The van der Waals surface area contributed by atoms with Gasteiger partial charge in [0.25, 0.3) is 5.56 Å². The smallest absolute Gasteiger partial charge is 0.270 e. The maximum absolute atomic E-state index is 11.4. The highest BCUT2D eigenvalue weighted by atomic mass is 35.5. The number of phenols is 1. The Labute approximate surface area is 126 Å². The van der Waals surface area contributed by atoms with Crippen molar-refractivity contribution in [3.05, 3.63) is 46.0 Å². The van der Waals surface area contributed by atoms with Crippen molar-refractivity contribution in [1.82, 2.24) is 30.2 Å². The highest BCUT2D eigenvalue weighted by molar-refractivity contribution is 7.99. The molecular weight excluding hydrogens is 316 g/mol. The molecule has 0 atom stereocenters. The molecular formula is C11H7ClN6O2S. The number of benzene rings is 1. The van der Waals surface area contributed by atoms with Crippen LogP contribution in [-0.2, 0) is 0 Å². The Morgan fingerprint density at radius 3 is 2.81 bits per heavy atom. The van der Waals surface area contributed by atoms with Crippen LogP contribution in [0.5, 0.6) is 5.75 Å². The Morgan fingerprint density at radius 2 is 2.05 bits per heavy atom. The average Bonchev–Trinajstić information content (AvgIpc) is 2.93. The first-order valence-corrected chi connectivity index (χ1v) is 6.83. The molecule has 0 aliphatic carbocycles. The predicted molar refractivity (Wildman–Crippen MR) is 74.8 cm³/mol. The van der Waals surface area contributed by atoms with Crippen molar-refractivity contribution in [3.63, 3.8) is 0 Å². The molecule has 0 amide bonds. The minimum atomic E-state index is -0.433. The van der Waals surface area contributed by atoms with Gasteiger partial charge in [-0.1, -0.05) is 11.6 Å². The quantitative estimate of drug-likeness (QED) is 0.698. The van der Waals surface area contributed by atoms with E-state index >= 15 is 0 Å². The van der Waals surface area contributed by atoms with Gasteiger partial charge in [0.2, 0.25) is 5.16 Å². The van der Waals surface area contributed by atoms with Crippen LogP contribution in [0, 0.1) is 0 Å². The molecule has 0 unspecified atom stereocenters. The normalized spacial score (nSPS) is 10.7. The second-order valence-corrected chi connectivity index (χ2v) is 5.18. The highest BCUT2D eigenvalue weighted by Gasteiger charge is 2.14. The van der Waals surface area contributed by atoms with Gasteiger partial charge in [-0.15, -0.1) is 5.10 Å². The molecule has 0 aliphatic heterocycles. The summed E-state index contributed by atoms with van der Waals surface area (Å²) in [6, 6.07) is 6.35. The number of rotatable bonds is 3. The SMILES string of the molecule is O=c1[nH]cnc(Sc2nnnn2-c2ccc(O)cc2)c1Cl. The molecule has 1 aromatic carbocycles. The van der Waals surface area contributed by atoms with E-state index in [2.05, 4.69) is 25.5 Å². The Kier molecular flexibility index (Phi) is 3.59. The van der Waals surface area contributed by atoms with Gasteiger partial charge < -0.3 is 10.1 Å². The number of halogens is 1. The molecule has 0 fully saturated rings. The maximum atomic E-state index is 11.4. The number of nitrogens with one attached hydrogen (secondary N) is 1. The topological polar surface area (TPSA) is 110 Å². The van der Waals surface area contributed by atoms with Crippen LogP contribution in [0.4, 0.5) is 0 Å². The second-order valence-electron chi connectivity index (χ2n) is 3.84. The van der Waals surface area contributed by atoms with Gasteiger partial charge in [0.15, 0.2) is 0 Å². The lowest BCUT2D eigenvalue weighted by atomic mass is 10.3. The van der Waals surface area contributed by atoms with Gasteiger partial charge in [-0.2, -0.15) is 4.68 Å². The molecule has 0 radical (unpaired) electrons. The van der Waals surface area contributed by atoms with Gasteiger partial charge in [0.05, 0.1) is 12.0 Å². The van der Waals surface area contributed by atoms with Crippen LogP contribution in [0.15, 0.2) is 45.6 Å². The largest absolute Gasteiger partial charge is 0.508 e. The third kappa shape index (κ3) is 2.73. The fourth-order valence-electron chi connectivity index (χ4n) is 1.52. The number of aromatic hydroxyl groups is 1. The number of aromatic nitrogens is 6. The zero-order valence-electron chi connectivity index (χ0n) is 10.3. The number of tetrazole rings is 1. The lowest BCUT2D eigenvalue weighted by Gasteiger charge is -2.04. The molecule has 21 heavy (non-hydrogen) atoms. The summed E-state index contributed by atoms with van der Waals surface area (Å²) in [5.74, 6) is 0.139. The van der Waals surface area contributed by atoms with Crippen molar-refractivity contribution < 1.29 is 5.11 Å². The molecule has 8 nitrogen and oxygen atoms in total. The number of nitrogens with zero attached hydrogens (tertiary/aromatic N) is 5. The predicted octanol–water partition coefficient (Wildman–Crippen LogP) is 1.26. The molecule has 0 saturated heterocycles. The fourth-order valence-corrected chi connectivity index (χ4v) is 2.51. The summed E-state index contributed by atoms with van der Waals surface area (Å²) in [5, 5.41) is 21.3. The monoisotopic (exact) mass is 322 g/mol. The van der Waals surface area contributed by atoms with E-state index in [9.17, 15) is 9.90 Å². The molecule has 3 rings (SSSR count). The molecule has 0 bridgehead atoms. The number of H-pyrrole nitrogens is 1. The van der Waals surface area contributed by atoms with Gasteiger partial charge >= 0.3 is 0 Å². The first-order chi connectivity index (χ1) is 10.1. The van der Waals surface area contributed by atoms with Gasteiger partial charge in [-0.3, -0.25) is 4.79 Å². The van der Waals surface area contributed by atoms with E-state index in [1.165, 1.54) is 23.1 Å². The molecule has 2 aromatic heterocycles. The molecule has 0 spiro atoms. The summed E-state index contributed by atoms with van der Waals surface area (Å²) in [6.45, 7) is 0. The van der Waals surface area contributed by atoms with Crippen LogP contribution in [-0.4, -0.2) is 35.3 Å². The van der Waals surface area contributed by atoms with E-state index in [1.807, 2.05) is 0 Å². The minimum Gasteiger partial charge on any atom is -0.508 e. The van der Waals surface area contributed by atoms with Crippen LogP contribution >= 0.6 is 23.4 Å². The second kappa shape index (κ2) is 5.54. The summed E-state index contributed by atoms with van der Waals surface area (Å²) < 4.78 is 1.45. The first-order valence-electron chi connectivity index (χ1n) is 5.64. The van der Waals surface area contributed by atoms with Crippen LogP contribution in [0.3, 0.4) is 0 Å². The Balaban J connectivity index is 1.98. The van der Waals surface area contributed by atoms with Crippen molar-refractivity contribution in [2.24, 2.45) is 0 Å². The van der Waals surface area contributed by atoms with E-state index in [0.29, 0.717) is 15.9 Å². The van der Waals surface area contributed by atoms with Crippen molar-refractivity contribution >= 4 is 23.4 Å². The number of aromatic amines is 1. The van der Waals surface area contributed by atoms with E-state index in [-0.39, 0.29) is 10.8 Å². The molecule has 3 aromatic rings. The minimum absolute atomic E-state index is 0.0252. The van der Waals surface area contributed by atoms with E-state index < -0.39 is 5.56 Å². The summed E-state index contributed by atoms with van der Waals surface area (Å²) in [4.78, 5) is 17.8. The van der Waals surface area contributed by atoms with Gasteiger partial charge in [-0.05, 0) is 46.5 Å². The van der Waals surface area contributed by atoms with E-state index in [0.717, 1.165) is 11.8 Å². The summed E-state index contributed by atoms with van der Waals surface area (Å²) in [7, 11) is 0. The number of hydrogen-bond donors (Lipinski definition) is 2. The molecule has 2 N–H and O–H groups in total. The van der Waals surface area contributed by atoms with Gasteiger partial charge in [0, 0.05) is 0 Å². The van der Waals surface area contributed by atoms with Crippen molar-refractivity contribution in [1.29, 1.82) is 0 Å². The van der Waals surface area contributed by atoms with Crippen molar-refractivity contribution in [2.45, 2.75) is 10.2 Å². The number of hydrogen-bond acceptors (Lipinski definition) is 7. The number of phenolic OH excluding ortho intramolecular Hbond substituents is 1. The molecule has 0 aliphatic rings. The van der Waals surface area contributed by atoms with E-state index in [1.54, 1.807) is 12.1 Å². The zero-order valence-corrected chi connectivity index (χ0v) is 11.8. The van der Waals surface area contributed by atoms with Crippen LogP contribution < -0.4 is 5.56 Å². The van der Waals surface area contributed by atoms with E-state index in [4.69, 9.17) is 11.6 Å². The average molecular weight is 323 g/mol. The van der Waals surface area contributed by atoms with Gasteiger partial charge in [-0.25, -0.2) is 4.98 Å². The van der Waals surface area contributed by atoms with Crippen LogP contribution in [0.2, 0.25) is 5.02 Å². The standard InChI is InChI=1S/C11H7ClN6O2S/c12-8-9(20)13-5-14-10(8)21-11-15-16-17-18(11)6-1-3-7(19)4-2-6/h1-5,19H,(H,13,14,20). The Bertz CT molecular complexity index is 831. The third-order valence-corrected chi connectivity index (χ3v) is 3.89. The highest BCUT2D eigenvalue weighted by Crippen LogP contribution is 2.28. The molecule has 106 valence electrons. The summed E-state index contributed by atoms with van der Waals surface area (Å²) in [6.07, 6.45) is 1.26. The summed E-state index contributed by atoms with van der Waals surface area (Å²) >= 11 is 6.95. The molecule has 2 heterocycles. The van der Waals surface area contributed by atoms with Gasteiger partial charge in [0.1, 0.15) is 15.8 Å². The third-order valence-electron chi connectivity index (χ3n) is 2.49. The molecule has 0 saturated carbocycles.